The van der Waals surface area contributed by atoms with Crippen molar-refractivity contribution >= 4 is 40.0 Å². The number of hydrogen-bond donors (Lipinski definition) is 2. The van der Waals surface area contributed by atoms with Crippen LogP contribution in [0.2, 0.25) is 0 Å². The van der Waals surface area contributed by atoms with Crippen LogP contribution in [-0.2, 0) is 11.2 Å². The molecular weight excluding hydrogens is 446 g/mol. The molecule has 0 spiro atoms. The van der Waals surface area contributed by atoms with Gasteiger partial charge in [-0.15, -0.1) is 0 Å². The van der Waals surface area contributed by atoms with E-state index in [1.807, 2.05) is 69.3 Å². The Labute approximate surface area is 204 Å². The first-order chi connectivity index (χ1) is 16.2. The number of thiocarbonyl (C=S) groups is 1. The number of nitrogens with zero attached hydrogens (tertiary/aromatic N) is 1. The largest absolute Gasteiger partial charge is 0.484 e. The van der Waals surface area contributed by atoms with Gasteiger partial charge in [-0.25, -0.2) is 4.98 Å². The maximum atomic E-state index is 12.2. The Morgan fingerprint density at radius 2 is 1.65 bits per heavy atom. The van der Waals surface area contributed by atoms with E-state index in [2.05, 4.69) is 28.6 Å². The molecule has 0 bridgehead atoms. The number of fused-ring (bicyclic) bond motifs is 1. The lowest BCUT2D eigenvalue weighted by atomic mass is 10.1. The van der Waals surface area contributed by atoms with Crippen LogP contribution >= 0.6 is 12.2 Å². The summed E-state index contributed by atoms with van der Waals surface area (Å²) in [6.45, 7) is 7.94. The molecule has 0 atom stereocenters. The predicted molar refractivity (Wildman–Crippen MR) is 139 cm³/mol. The van der Waals surface area contributed by atoms with E-state index in [9.17, 15) is 4.79 Å². The molecule has 4 aromatic rings. The van der Waals surface area contributed by atoms with Crippen LogP contribution in [-0.4, -0.2) is 22.6 Å². The van der Waals surface area contributed by atoms with E-state index < -0.39 is 0 Å². The highest BCUT2D eigenvalue weighted by Gasteiger charge is 2.10. The van der Waals surface area contributed by atoms with E-state index in [0.717, 1.165) is 39.0 Å². The third-order valence-corrected chi connectivity index (χ3v) is 5.45. The second kappa shape index (κ2) is 10.1. The van der Waals surface area contributed by atoms with Crippen molar-refractivity contribution < 1.29 is 13.9 Å². The summed E-state index contributed by atoms with van der Waals surface area (Å²) in [5, 5.41) is 5.87. The van der Waals surface area contributed by atoms with Crippen molar-refractivity contribution in [2.24, 2.45) is 0 Å². The van der Waals surface area contributed by atoms with Gasteiger partial charge >= 0.3 is 0 Å². The molecule has 1 heterocycles. The molecule has 0 unspecified atom stereocenters. The molecule has 6 nitrogen and oxygen atoms in total. The molecule has 2 N–H and O–H groups in total. The lowest BCUT2D eigenvalue weighted by Gasteiger charge is -2.11. The van der Waals surface area contributed by atoms with E-state index >= 15 is 0 Å². The maximum absolute atomic E-state index is 12.2. The first kappa shape index (κ1) is 23.4. The van der Waals surface area contributed by atoms with Gasteiger partial charge < -0.3 is 14.5 Å². The van der Waals surface area contributed by atoms with Gasteiger partial charge in [0.25, 0.3) is 5.91 Å². The number of anilines is 1. The zero-order valence-electron chi connectivity index (χ0n) is 19.7. The summed E-state index contributed by atoms with van der Waals surface area (Å²) < 4.78 is 11.5. The molecule has 0 fully saturated rings. The number of oxazole rings is 1. The van der Waals surface area contributed by atoms with Crippen molar-refractivity contribution in [3.05, 3.63) is 88.3 Å². The monoisotopic (exact) mass is 473 g/mol. The van der Waals surface area contributed by atoms with Crippen LogP contribution < -0.4 is 15.4 Å². The minimum atomic E-state index is -0.324. The van der Waals surface area contributed by atoms with Crippen LogP contribution in [0.5, 0.6) is 5.75 Å². The van der Waals surface area contributed by atoms with Gasteiger partial charge in [0.1, 0.15) is 11.3 Å². The van der Waals surface area contributed by atoms with E-state index in [1.165, 1.54) is 5.56 Å². The molecule has 34 heavy (non-hydrogen) atoms. The molecule has 0 saturated heterocycles. The van der Waals surface area contributed by atoms with Gasteiger partial charge in [-0.05, 0) is 98.1 Å². The molecule has 7 heteroatoms. The molecule has 0 aliphatic heterocycles. The molecule has 174 valence electrons. The molecule has 3 aromatic carbocycles. The Balaban J connectivity index is 1.29. The van der Waals surface area contributed by atoms with Crippen molar-refractivity contribution in [2.45, 2.75) is 34.1 Å². The second-order valence-electron chi connectivity index (χ2n) is 8.53. The third kappa shape index (κ3) is 5.99. The maximum Gasteiger partial charge on any atom is 0.264 e. The van der Waals surface area contributed by atoms with Crippen molar-refractivity contribution in [3.63, 3.8) is 0 Å². The molecule has 1 amide bonds. The molecule has 4 rings (SSSR count). The zero-order valence-corrected chi connectivity index (χ0v) is 20.5. The van der Waals surface area contributed by atoms with Gasteiger partial charge in [0, 0.05) is 12.1 Å². The van der Waals surface area contributed by atoms with Crippen molar-refractivity contribution in [3.8, 4) is 5.75 Å². The first-order valence-corrected chi connectivity index (χ1v) is 11.4. The molecular formula is C27H27N3O3S. The van der Waals surface area contributed by atoms with Crippen LogP contribution in [0.25, 0.3) is 11.1 Å². The van der Waals surface area contributed by atoms with Gasteiger partial charge in [0.15, 0.2) is 23.2 Å². The lowest BCUT2D eigenvalue weighted by Crippen LogP contribution is -2.37. The van der Waals surface area contributed by atoms with Crippen LogP contribution in [0.1, 0.15) is 33.7 Å². The number of carbonyl (C=O) groups is 1. The number of rotatable bonds is 6. The summed E-state index contributed by atoms with van der Waals surface area (Å²) in [6, 6.07) is 17.7. The Morgan fingerprint density at radius 1 is 0.971 bits per heavy atom. The summed E-state index contributed by atoms with van der Waals surface area (Å²) in [4.78, 5) is 16.8. The minimum absolute atomic E-state index is 0.118. The molecule has 0 aliphatic rings. The summed E-state index contributed by atoms with van der Waals surface area (Å²) in [5.41, 5.74) is 7.96. The van der Waals surface area contributed by atoms with Crippen molar-refractivity contribution in [1.82, 2.24) is 10.3 Å². The minimum Gasteiger partial charge on any atom is -0.484 e. The molecule has 1 aromatic heterocycles. The van der Waals surface area contributed by atoms with E-state index in [0.29, 0.717) is 18.1 Å². The number of benzene rings is 3. The topological polar surface area (TPSA) is 76.4 Å². The van der Waals surface area contributed by atoms with Gasteiger partial charge in [0.2, 0.25) is 0 Å². The Morgan fingerprint density at radius 3 is 2.35 bits per heavy atom. The number of aromatic nitrogens is 1. The summed E-state index contributed by atoms with van der Waals surface area (Å²) in [6.07, 6.45) is 0.588. The smallest absolute Gasteiger partial charge is 0.264 e. The number of nitrogens with one attached hydrogen (secondary N) is 2. The average molecular weight is 474 g/mol. The Kier molecular flexibility index (Phi) is 6.93. The Bertz CT molecular complexity index is 1340. The fraction of sp³-hybridized carbons (Fsp3) is 0.222. The van der Waals surface area contributed by atoms with E-state index in [1.54, 1.807) is 0 Å². The Hall–Kier alpha value is -3.71. The number of carbonyl (C=O) groups excluding carboxylic acids is 1. The summed E-state index contributed by atoms with van der Waals surface area (Å²) in [5.74, 6) is 1.01. The highest BCUT2D eigenvalue weighted by molar-refractivity contribution is 7.80. The van der Waals surface area contributed by atoms with Gasteiger partial charge in [0.05, 0.1) is 0 Å². The fourth-order valence-electron chi connectivity index (χ4n) is 3.87. The zero-order chi connectivity index (χ0) is 24.2. The number of aryl methyl sites for hydroxylation is 4. The quantitative estimate of drug-likeness (QED) is 0.358. The highest BCUT2D eigenvalue weighted by Crippen LogP contribution is 2.23. The summed E-state index contributed by atoms with van der Waals surface area (Å²) >= 11 is 5.26. The van der Waals surface area contributed by atoms with Crippen LogP contribution in [0.4, 0.5) is 5.69 Å². The first-order valence-electron chi connectivity index (χ1n) is 11.0. The van der Waals surface area contributed by atoms with Gasteiger partial charge in [-0.2, -0.15) is 0 Å². The normalized spacial score (nSPS) is 10.8. The average Bonchev–Trinajstić information content (AvgIpc) is 3.15. The third-order valence-electron chi connectivity index (χ3n) is 5.25. The fourth-order valence-corrected chi connectivity index (χ4v) is 4.10. The lowest BCUT2D eigenvalue weighted by molar-refractivity contribution is -0.121. The van der Waals surface area contributed by atoms with Crippen LogP contribution in [0, 0.1) is 27.7 Å². The SMILES string of the molecule is Cc1cc(C)cc(OCC(=O)NC(=S)Nc2ccc(Cc3nc4cc(C)cc(C)c4o3)cc2)c1. The predicted octanol–water partition coefficient (Wildman–Crippen LogP) is 5.54. The van der Waals surface area contributed by atoms with Crippen molar-refractivity contribution in [2.75, 3.05) is 11.9 Å². The second-order valence-corrected chi connectivity index (χ2v) is 8.93. The number of amides is 1. The number of hydrogen-bond acceptors (Lipinski definition) is 5. The van der Waals surface area contributed by atoms with E-state index in [4.69, 9.17) is 21.4 Å². The van der Waals surface area contributed by atoms with Crippen LogP contribution in [0.3, 0.4) is 0 Å². The molecule has 0 aliphatic carbocycles. The van der Waals surface area contributed by atoms with Crippen molar-refractivity contribution in [1.29, 1.82) is 0 Å². The number of ether oxygens (including phenoxy) is 1. The molecule has 0 saturated carbocycles. The van der Waals surface area contributed by atoms with Gasteiger partial charge in [-0.3, -0.25) is 10.1 Å². The standard InChI is InChI=1S/C27H27N3O3S/c1-16-9-17(2)12-22(11-16)32-15-24(31)30-27(34)28-21-7-5-20(6-8-21)14-25-29-23-13-18(3)10-19(4)26(23)33-25/h5-13H,14-15H2,1-4H3,(H2,28,30,31,34). The highest BCUT2D eigenvalue weighted by atomic mass is 32.1. The van der Waals surface area contributed by atoms with E-state index in [-0.39, 0.29) is 17.6 Å². The molecule has 0 radical (unpaired) electrons. The van der Waals surface area contributed by atoms with Gasteiger partial charge in [-0.1, -0.05) is 24.3 Å². The summed E-state index contributed by atoms with van der Waals surface area (Å²) in [7, 11) is 0. The van der Waals surface area contributed by atoms with Crippen LogP contribution in [0.15, 0.2) is 59.0 Å².